The zero-order chi connectivity index (χ0) is 9.30. The highest BCUT2D eigenvalue weighted by atomic mass is 35.5. The molecule has 0 unspecified atom stereocenters. The van der Waals surface area contributed by atoms with Crippen LogP contribution in [0.15, 0.2) is 12.3 Å². The molecule has 1 aromatic heterocycles. The van der Waals surface area contributed by atoms with Gasteiger partial charge in [-0.25, -0.2) is 4.79 Å². The molecule has 0 fully saturated rings. The van der Waals surface area contributed by atoms with Crippen LogP contribution in [0.5, 0.6) is 0 Å². The zero-order valence-electron chi connectivity index (χ0n) is 5.62. The van der Waals surface area contributed by atoms with Crippen molar-refractivity contribution in [1.29, 1.82) is 0 Å². The monoisotopic (exact) mass is 207 g/mol. The van der Waals surface area contributed by atoms with E-state index in [4.69, 9.17) is 28.3 Å². The lowest BCUT2D eigenvalue weighted by Crippen LogP contribution is -2.28. The highest BCUT2D eigenvalue weighted by Crippen LogP contribution is 2.17. The van der Waals surface area contributed by atoms with Crippen molar-refractivity contribution in [1.82, 2.24) is 0 Å². The number of rotatable bonds is 1. The van der Waals surface area contributed by atoms with Crippen LogP contribution in [0, 0.1) is 5.21 Å². The van der Waals surface area contributed by atoms with Crippen LogP contribution in [0.2, 0.25) is 10.2 Å². The lowest BCUT2D eigenvalue weighted by atomic mass is 10.3. The molecule has 0 bridgehead atoms. The van der Waals surface area contributed by atoms with Gasteiger partial charge in [0.05, 0.1) is 0 Å². The highest BCUT2D eigenvalue weighted by molar-refractivity contribution is 6.40. The van der Waals surface area contributed by atoms with Gasteiger partial charge in [-0.05, 0) is 17.7 Å². The molecule has 0 aliphatic carbocycles. The number of halogens is 2. The van der Waals surface area contributed by atoms with E-state index in [-0.39, 0.29) is 20.5 Å². The van der Waals surface area contributed by atoms with Crippen LogP contribution in [-0.2, 0) is 0 Å². The van der Waals surface area contributed by atoms with Crippen LogP contribution >= 0.6 is 23.2 Å². The Morgan fingerprint density at radius 2 is 2.17 bits per heavy atom. The Hall–Kier alpha value is -1.00. The summed E-state index contributed by atoms with van der Waals surface area (Å²) in [6, 6.07) is 1.11. The first-order valence-electron chi connectivity index (χ1n) is 2.84. The molecule has 0 aliphatic heterocycles. The molecule has 1 rings (SSSR count). The minimum Gasteiger partial charge on any atom is -0.618 e. The number of carbonyl (C=O) groups is 1. The maximum absolute atomic E-state index is 10.8. The largest absolute Gasteiger partial charge is 0.618 e. The predicted octanol–water partition coefficient (Wildman–Crippen LogP) is 1.32. The number of carboxylic acids is 1. The van der Waals surface area contributed by atoms with Gasteiger partial charge in [-0.1, -0.05) is 11.6 Å². The van der Waals surface area contributed by atoms with E-state index in [0.717, 1.165) is 12.3 Å². The van der Waals surface area contributed by atoms with Gasteiger partial charge in [0.2, 0.25) is 0 Å². The van der Waals surface area contributed by atoms with Crippen LogP contribution in [0.4, 0.5) is 0 Å². The van der Waals surface area contributed by atoms with Crippen molar-refractivity contribution in [3.05, 3.63) is 33.2 Å². The summed E-state index contributed by atoms with van der Waals surface area (Å²) in [5.74, 6) is -1.22. The molecule has 4 nitrogen and oxygen atoms in total. The van der Waals surface area contributed by atoms with Gasteiger partial charge in [-0.3, -0.25) is 0 Å². The van der Waals surface area contributed by atoms with E-state index in [0.29, 0.717) is 0 Å². The smallest absolute Gasteiger partial charge is 0.341 e. The van der Waals surface area contributed by atoms with Crippen LogP contribution in [0.1, 0.15) is 10.4 Å². The molecule has 64 valence electrons. The summed E-state index contributed by atoms with van der Waals surface area (Å²) in [5.41, 5.74) is -0.195. The molecular formula is C6H3Cl2NO3. The average Bonchev–Trinajstić information content (AvgIpc) is 1.99. The standard InChI is InChI=1S/C6H3Cl2NO3/c7-4-1-3(6(10)11)2-9(12)5(4)8/h1-2H,(H,10,11). The summed E-state index contributed by atoms with van der Waals surface area (Å²) in [7, 11) is 0. The summed E-state index contributed by atoms with van der Waals surface area (Å²) in [6.45, 7) is 0. The molecule has 0 radical (unpaired) electrons. The molecule has 1 aromatic rings. The lowest BCUT2D eigenvalue weighted by molar-refractivity contribution is -0.603. The number of hydrogen-bond donors (Lipinski definition) is 1. The molecule has 12 heavy (non-hydrogen) atoms. The van der Waals surface area contributed by atoms with Crippen molar-refractivity contribution in [2.75, 3.05) is 0 Å². The molecule has 6 heteroatoms. The fourth-order valence-corrected chi connectivity index (χ4v) is 0.943. The Kier molecular flexibility index (Phi) is 2.40. The highest BCUT2D eigenvalue weighted by Gasteiger charge is 2.14. The van der Waals surface area contributed by atoms with Crippen LogP contribution < -0.4 is 4.73 Å². The van der Waals surface area contributed by atoms with Gasteiger partial charge in [0.15, 0.2) is 6.20 Å². The minimum absolute atomic E-state index is 0.0773. The Balaban J connectivity index is 3.31. The number of pyridine rings is 1. The Morgan fingerprint density at radius 3 is 2.58 bits per heavy atom. The molecule has 1 heterocycles. The molecule has 0 saturated heterocycles. The molecule has 0 spiro atoms. The topological polar surface area (TPSA) is 64.2 Å². The normalized spacial score (nSPS) is 9.83. The summed E-state index contributed by atoms with van der Waals surface area (Å²) < 4.78 is 0.202. The van der Waals surface area contributed by atoms with E-state index >= 15 is 0 Å². The van der Waals surface area contributed by atoms with Crippen molar-refractivity contribution in [2.24, 2.45) is 0 Å². The molecule has 0 saturated carbocycles. The molecular weight excluding hydrogens is 205 g/mol. The fraction of sp³-hybridized carbons (Fsp3) is 0. The second-order valence-electron chi connectivity index (χ2n) is 2.00. The molecule has 1 N–H and O–H groups in total. The molecule has 0 aliphatic rings. The van der Waals surface area contributed by atoms with E-state index < -0.39 is 5.97 Å². The third kappa shape index (κ3) is 1.60. The van der Waals surface area contributed by atoms with Gasteiger partial charge in [0, 0.05) is 0 Å². The van der Waals surface area contributed by atoms with Gasteiger partial charge < -0.3 is 10.3 Å². The van der Waals surface area contributed by atoms with Gasteiger partial charge in [-0.15, -0.1) is 0 Å². The Labute approximate surface area is 77.5 Å². The van der Waals surface area contributed by atoms with Crippen molar-refractivity contribution < 1.29 is 14.6 Å². The third-order valence-electron chi connectivity index (χ3n) is 1.18. The van der Waals surface area contributed by atoms with Crippen LogP contribution in [0.3, 0.4) is 0 Å². The number of hydrogen-bond acceptors (Lipinski definition) is 2. The predicted molar refractivity (Wildman–Crippen MR) is 42.4 cm³/mol. The number of aromatic carboxylic acids is 1. The van der Waals surface area contributed by atoms with Gasteiger partial charge in [0.25, 0.3) is 0 Å². The molecule has 0 amide bonds. The first-order chi connectivity index (χ1) is 5.52. The second kappa shape index (κ2) is 3.16. The quantitative estimate of drug-likeness (QED) is 0.430. The fourth-order valence-electron chi connectivity index (χ4n) is 0.639. The van der Waals surface area contributed by atoms with Gasteiger partial charge in [0.1, 0.15) is 10.6 Å². The number of carboxylic acid groups (broad SMARTS) is 1. The van der Waals surface area contributed by atoms with Crippen LogP contribution in [0.25, 0.3) is 0 Å². The molecule has 0 atom stereocenters. The van der Waals surface area contributed by atoms with Gasteiger partial charge in [-0.2, -0.15) is 4.73 Å². The lowest BCUT2D eigenvalue weighted by Gasteiger charge is -2.00. The van der Waals surface area contributed by atoms with Crippen molar-refractivity contribution >= 4 is 29.2 Å². The Bertz CT molecular complexity index is 317. The third-order valence-corrected chi connectivity index (χ3v) is 1.93. The first kappa shape index (κ1) is 9.09. The number of aromatic nitrogens is 1. The van der Waals surface area contributed by atoms with Crippen molar-refractivity contribution in [3.63, 3.8) is 0 Å². The van der Waals surface area contributed by atoms with E-state index in [1.807, 2.05) is 0 Å². The second-order valence-corrected chi connectivity index (χ2v) is 2.76. The van der Waals surface area contributed by atoms with E-state index in [9.17, 15) is 10.0 Å². The zero-order valence-corrected chi connectivity index (χ0v) is 7.13. The minimum atomic E-state index is -1.22. The molecule has 0 aromatic carbocycles. The van der Waals surface area contributed by atoms with E-state index in [1.54, 1.807) is 0 Å². The van der Waals surface area contributed by atoms with Crippen LogP contribution in [-0.4, -0.2) is 11.1 Å². The van der Waals surface area contributed by atoms with E-state index in [2.05, 4.69) is 0 Å². The summed E-state index contributed by atoms with van der Waals surface area (Å²) >= 11 is 10.8. The van der Waals surface area contributed by atoms with Gasteiger partial charge >= 0.3 is 11.1 Å². The summed E-state index contributed by atoms with van der Waals surface area (Å²) in [4.78, 5) is 10.4. The maximum Gasteiger partial charge on any atom is 0.341 e. The maximum atomic E-state index is 10.8. The average molecular weight is 208 g/mol. The number of nitrogens with zero attached hydrogens (tertiary/aromatic N) is 1. The van der Waals surface area contributed by atoms with E-state index in [1.165, 1.54) is 0 Å². The van der Waals surface area contributed by atoms with Crippen molar-refractivity contribution in [3.8, 4) is 0 Å². The first-order valence-corrected chi connectivity index (χ1v) is 3.59. The SMILES string of the molecule is O=C(O)c1cc(Cl)c(Cl)[n+]([O-])c1. The summed E-state index contributed by atoms with van der Waals surface area (Å²) in [6.07, 6.45) is 0.844. The summed E-state index contributed by atoms with van der Waals surface area (Å²) in [5, 5.41) is 19.0. The Morgan fingerprint density at radius 1 is 1.58 bits per heavy atom. The van der Waals surface area contributed by atoms with Crippen molar-refractivity contribution in [2.45, 2.75) is 0 Å².